The standard InChI is InChI=1S/C9H13O4PS/c1-10-8-5-4-6-9(7-8)13-14(15,11-2)12-3/h4-7H,1-3H3. The topological polar surface area (TPSA) is 36.9 Å². The predicted molar refractivity (Wildman–Crippen MR) is 61.9 cm³/mol. The van der Waals surface area contributed by atoms with Crippen LogP contribution in [0.2, 0.25) is 0 Å². The molecule has 0 radical (unpaired) electrons. The molecule has 0 aromatic heterocycles. The van der Waals surface area contributed by atoms with Gasteiger partial charge in [0.1, 0.15) is 11.5 Å². The van der Waals surface area contributed by atoms with Gasteiger partial charge in [0.05, 0.1) is 7.11 Å². The van der Waals surface area contributed by atoms with E-state index in [1.807, 2.05) is 6.07 Å². The van der Waals surface area contributed by atoms with Crippen LogP contribution in [0.4, 0.5) is 0 Å². The van der Waals surface area contributed by atoms with E-state index in [-0.39, 0.29) is 0 Å². The van der Waals surface area contributed by atoms with Gasteiger partial charge >= 0.3 is 6.72 Å². The maximum atomic E-state index is 5.44. The molecule has 1 aromatic rings. The Kier molecular flexibility index (Phi) is 4.54. The second-order valence-electron chi connectivity index (χ2n) is 2.58. The third-order valence-electron chi connectivity index (χ3n) is 1.71. The quantitative estimate of drug-likeness (QED) is 0.749. The van der Waals surface area contributed by atoms with E-state index in [9.17, 15) is 0 Å². The van der Waals surface area contributed by atoms with Crippen molar-refractivity contribution in [2.75, 3.05) is 21.3 Å². The fourth-order valence-electron chi connectivity index (χ4n) is 0.936. The molecule has 0 aliphatic rings. The molecule has 0 heterocycles. The van der Waals surface area contributed by atoms with Gasteiger partial charge in [0.25, 0.3) is 0 Å². The van der Waals surface area contributed by atoms with Crippen LogP contribution in [-0.4, -0.2) is 21.3 Å². The maximum Gasteiger partial charge on any atom is 0.380 e. The minimum absolute atomic E-state index is 0.571. The summed E-state index contributed by atoms with van der Waals surface area (Å²) in [4.78, 5) is 0. The van der Waals surface area contributed by atoms with Gasteiger partial charge in [-0.25, -0.2) is 0 Å². The molecule has 0 aliphatic heterocycles. The van der Waals surface area contributed by atoms with Crippen molar-refractivity contribution >= 4 is 18.5 Å². The molecule has 0 unspecified atom stereocenters. The second kappa shape index (κ2) is 5.47. The Morgan fingerprint density at radius 2 is 1.67 bits per heavy atom. The van der Waals surface area contributed by atoms with Crippen molar-refractivity contribution in [1.82, 2.24) is 0 Å². The Bertz CT molecular complexity index is 361. The molecule has 0 spiro atoms. The highest BCUT2D eigenvalue weighted by Crippen LogP contribution is 2.48. The minimum Gasteiger partial charge on any atom is -0.497 e. The van der Waals surface area contributed by atoms with E-state index in [0.717, 1.165) is 0 Å². The van der Waals surface area contributed by atoms with E-state index >= 15 is 0 Å². The van der Waals surface area contributed by atoms with Crippen LogP contribution in [0.5, 0.6) is 11.5 Å². The smallest absolute Gasteiger partial charge is 0.380 e. The summed E-state index contributed by atoms with van der Waals surface area (Å²) in [5.74, 6) is 1.27. The predicted octanol–water partition coefficient (Wildman–Crippen LogP) is 2.59. The van der Waals surface area contributed by atoms with Crippen LogP contribution in [0, 0.1) is 0 Å². The zero-order valence-electron chi connectivity index (χ0n) is 8.80. The van der Waals surface area contributed by atoms with E-state index in [1.165, 1.54) is 14.2 Å². The highest BCUT2D eigenvalue weighted by Gasteiger charge is 2.18. The Balaban J connectivity index is 2.84. The van der Waals surface area contributed by atoms with Crippen LogP contribution >= 0.6 is 6.72 Å². The molecule has 6 heteroatoms. The van der Waals surface area contributed by atoms with Crippen LogP contribution in [0.15, 0.2) is 24.3 Å². The zero-order chi connectivity index (χ0) is 11.3. The third-order valence-corrected chi connectivity index (χ3v) is 4.15. The van der Waals surface area contributed by atoms with Gasteiger partial charge in [-0.1, -0.05) is 6.07 Å². The summed E-state index contributed by atoms with van der Waals surface area (Å²) < 4.78 is 20.5. The molecule has 1 rings (SSSR count). The van der Waals surface area contributed by atoms with Gasteiger partial charge in [-0.05, 0) is 12.1 Å². The first-order valence-electron chi connectivity index (χ1n) is 4.18. The van der Waals surface area contributed by atoms with Crippen LogP contribution in [0.3, 0.4) is 0 Å². The van der Waals surface area contributed by atoms with Crippen molar-refractivity contribution in [3.8, 4) is 11.5 Å². The van der Waals surface area contributed by atoms with Gasteiger partial charge in [-0.2, -0.15) is 0 Å². The number of ether oxygens (including phenoxy) is 1. The lowest BCUT2D eigenvalue weighted by molar-refractivity contribution is 0.273. The number of rotatable bonds is 5. The van der Waals surface area contributed by atoms with E-state index in [1.54, 1.807) is 25.3 Å². The highest BCUT2D eigenvalue weighted by molar-refractivity contribution is 8.07. The average molecular weight is 248 g/mol. The molecule has 0 amide bonds. The van der Waals surface area contributed by atoms with Crippen molar-refractivity contribution in [3.05, 3.63) is 24.3 Å². The fourth-order valence-corrected chi connectivity index (χ4v) is 1.86. The molecule has 0 aliphatic carbocycles. The summed E-state index contributed by atoms with van der Waals surface area (Å²) in [6.07, 6.45) is 0. The van der Waals surface area contributed by atoms with E-state index in [4.69, 9.17) is 30.1 Å². The molecule has 0 saturated heterocycles. The van der Waals surface area contributed by atoms with Crippen LogP contribution < -0.4 is 9.26 Å². The summed E-state index contributed by atoms with van der Waals surface area (Å²) in [7, 11) is 4.51. The summed E-state index contributed by atoms with van der Waals surface area (Å²) in [5, 5.41) is 0. The van der Waals surface area contributed by atoms with Crippen LogP contribution in [-0.2, 0) is 20.9 Å². The lowest BCUT2D eigenvalue weighted by Crippen LogP contribution is -1.96. The Morgan fingerprint density at radius 3 is 2.20 bits per heavy atom. The zero-order valence-corrected chi connectivity index (χ0v) is 10.5. The monoisotopic (exact) mass is 248 g/mol. The SMILES string of the molecule is COc1cccc(OP(=S)(OC)OC)c1. The second-order valence-corrected chi connectivity index (χ2v) is 5.73. The van der Waals surface area contributed by atoms with Crippen molar-refractivity contribution in [3.63, 3.8) is 0 Å². The van der Waals surface area contributed by atoms with Crippen LogP contribution in [0.1, 0.15) is 0 Å². The van der Waals surface area contributed by atoms with Crippen molar-refractivity contribution in [2.24, 2.45) is 0 Å². The fraction of sp³-hybridized carbons (Fsp3) is 0.333. The van der Waals surface area contributed by atoms with Gasteiger partial charge in [-0.15, -0.1) is 0 Å². The highest BCUT2D eigenvalue weighted by atomic mass is 32.5. The van der Waals surface area contributed by atoms with E-state index in [0.29, 0.717) is 11.5 Å². The molecule has 84 valence electrons. The maximum absolute atomic E-state index is 5.44. The van der Waals surface area contributed by atoms with Gasteiger partial charge in [-0.3, -0.25) is 0 Å². The van der Waals surface area contributed by atoms with Gasteiger partial charge in [0.2, 0.25) is 0 Å². The number of benzene rings is 1. The Hall–Kier alpha value is -0.610. The molecule has 0 N–H and O–H groups in total. The van der Waals surface area contributed by atoms with Crippen molar-refractivity contribution < 1.29 is 18.3 Å². The Morgan fingerprint density at radius 1 is 1.07 bits per heavy atom. The molecule has 0 saturated carbocycles. The molecule has 0 fully saturated rings. The van der Waals surface area contributed by atoms with Gasteiger partial charge < -0.3 is 18.3 Å². The molecular weight excluding hydrogens is 235 g/mol. The minimum atomic E-state index is -2.66. The summed E-state index contributed by atoms with van der Waals surface area (Å²) in [6, 6.07) is 7.11. The third kappa shape index (κ3) is 3.47. The van der Waals surface area contributed by atoms with Gasteiger partial charge in [0, 0.05) is 32.1 Å². The number of hydrogen-bond acceptors (Lipinski definition) is 5. The first kappa shape index (κ1) is 12.5. The normalized spacial score (nSPS) is 11.1. The van der Waals surface area contributed by atoms with E-state index < -0.39 is 6.72 Å². The average Bonchev–Trinajstić information content (AvgIpc) is 2.29. The molecule has 4 nitrogen and oxygen atoms in total. The lowest BCUT2D eigenvalue weighted by atomic mass is 10.3. The molecule has 15 heavy (non-hydrogen) atoms. The summed E-state index contributed by atoms with van der Waals surface area (Å²) in [6.45, 7) is -2.66. The van der Waals surface area contributed by atoms with Gasteiger partial charge in [0.15, 0.2) is 0 Å². The number of hydrogen-bond donors (Lipinski definition) is 0. The number of methoxy groups -OCH3 is 1. The molecular formula is C9H13O4PS. The van der Waals surface area contributed by atoms with Crippen molar-refractivity contribution in [1.29, 1.82) is 0 Å². The summed E-state index contributed by atoms with van der Waals surface area (Å²) >= 11 is 5.07. The first-order chi connectivity index (χ1) is 7.13. The lowest BCUT2D eigenvalue weighted by Gasteiger charge is -2.18. The molecule has 0 bridgehead atoms. The van der Waals surface area contributed by atoms with Crippen LogP contribution in [0.25, 0.3) is 0 Å². The van der Waals surface area contributed by atoms with Crippen molar-refractivity contribution in [2.45, 2.75) is 0 Å². The molecule has 0 atom stereocenters. The molecule has 1 aromatic carbocycles. The largest absolute Gasteiger partial charge is 0.497 e. The van der Waals surface area contributed by atoms with E-state index in [2.05, 4.69) is 0 Å². The summed E-state index contributed by atoms with van der Waals surface area (Å²) in [5.41, 5.74) is 0. The first-order valence-corrected chi connectivity index (χ1v) is 6.74. The Labute approximate surface area is 94.4 Å².